The Morgan fingerprint density at radius 1 is 1.21 bits per heavy atom. The Morgan fingerprint density at radius 3 is 2.28 bits per heavy atom. The zero-order chi connectivity index (χ0) is 21.8. The van der Waals surface area contributed by atoms with Crippen molar-refractivity contribution in [2.24, 2.45) is 5.92 Å². The van der Waals surface area contributed by atoms with E-state index >= 15 is 0 Å². The van der Waals surface area contributed by atoms with E-state index in [1.807, 2.05) is 13.8 Å². The molecule has 1 atom stereocenters. The fourth-order valence-corrected chi connectivity index (χ4v) is 5.25. The summed E-state index contributed by atoms with van der Waals surface area (Å²) >= 11 is 6.24. The van der Waals surface area contributed by atoms with Crippen LogP contribution in [0.2, 0.25) is 5.02 Å². The SMILES string of the molecule is CCN(CC)S(=O)(=O)c1ccc(Cl)c(C(=O)N2CCN(C(C#N)C(C)C)CC2)c1. The van der Waals surface area contributed by atoms with Crippen LogP contribution in [0.5, 0.6) is 0 Å². The highest BCUT2D eigenvalue weighted by Gasteiger charge is 2.30. The molecule has 160 valence electrons. The van der Waals surface area contributed by atoms with Crippen molar-refractivity contribution in [3.8, 4) is 6.07 Å². The summed E-state index contributed by atoms with van der Waals surface area (Å²) in [6, 6.07) is 6.42. The van der Waals surface area contributed by atoms with Crippen LogP contribution < -0.4 is 0 Å². The molecule has 1 unspecified atom stereocenters. The van der Waals surface area contributed by atoms with Gasteiger partial charge in [-0.2, -0.15) is 9.57 Å². The molecule has 1 heterocycles. The molecule has 1 aliphatic rings. The molecular formula is C20H29ClN4O3S. The number of rotatable bonds is 7. The number of halogens is 1. The van der Waals surface area contributed by atoms with Gasteiger partial charge < -0.3 is 4.90 Å². The lowest BCUT2D eigenvalue weighted by molar-refractivity contribution is 0.0576. The molecule has 0 N–H and O–H groups in total. The van der Waals surface area contributed by atoms with E-state index in [4.69, 9.17) is 11.6 Å². The number of benzene rings is 1. The van der Waals surface area contributed by atoms with Crippen LogP contribution in [-0.4, -0.2) is 73.7 Å². The summed E-state index contributed by atoms with van der Waals surface area (Å²) in [6.45, 7) is 10.4. The molecule has 1 aliphatic heterocycles. The van der Waals surface area contributed by atoms with Crippen molar-refractivity contribution in [3.63, 3.8) is 0 Å². The molecule has 0 spiro atoms. The van der Waals surface area contributed by atoms with Gasteiger partial charge >= 0.3 is 0 Å². The first kappa shape index (κ1) is 23.6. The molecule has 2 rings (SSSR count). The molecule has 1 aromatic rings. The third-order valence-electron chi connectivity index (χ3n) is 5.27. The number of amides is 1. The molecule has 7 nitrogen and oxygen atoms in total. The van der Waals surface area contributed by atoms with Crippen molar-refractivity contribution >= 4 is 27.5 Å². The van der Waals surface area contributed by atoms with Gasteiger partial charge in [0.15, 0.2) is 0 Å². The van der Waals surface area contributed by atoms with Crippen LogP contribution in [0.1, 0.15) is 38.1 Å². The molecule has 0 radical (unpaired) electrons. The Hall–Kier alpha value is -1.66. The smallest absolute Gasteiger partial charge is 0.255 e. The van der Waals surface area contributed by atoms with Gasteiger partial charge in [-0.3, -0.25) is 9.69 Å². The lowest BCUT2D eigenvalue weighted by Gasteiger charge is -2.38. The molecule has 0 saturated carbocycles. The van der Waals surface area contributed by atoms with Gasteiger partial charge in [-0.25, -0.2) is 8.42 Å². The van der Waals surface area contributed by atoms with Crippen molar-refractivity contribution in [2.45, 2.75) is 38.6 Å². The lowest BCUT2D eigenvalue weighted by atomic mass is 10.0. The van der Waals surface area contributed by atoms with E-state index in [-0.39, 0.29) is 33.3 Å². The summed E-state index contributed by atoms with van der Waals surface area (Å²) in [4.78, 5) is 16.9. The van der Waals surface area contributed by atoms with Gasteiger partial charge in [0, 0.05) is 39.3 Å². The molecule has 1 fully saturated rings. The monoisotopic (exact) mass is 440 g/mol. The number of sulfonamides is 1. The van der Waals surface area contributed by atoms with Crippen LogP contribution in [-0.2, 0) is 10.0 Å². The number of piperazine rings is 1. The van der Waals surface area contributed by atoms with E-state index in [1.165, 1.54) is 22.5 Å². The summed E-state index contributed by atoms with van der Waals surface area (Å²) in [7, 11) is -3.68. The van der Waals surface area contributed by atoms with Crippen LogP contribution in [0.25, 0.3) is 0 Å². The largest absolute Gasteiger partial charge is 0.336 e. The summed E-state index contributed by atoms with van der Waals surface area (Å²) in [5.41, 5.74) is 0.189. The van der Waals surface area contributed by atoms with Gasteiger partial charge in [0.25, 0.3) is 5.91 Å². The quantitative estimate of drug-likeness (QED) is 0.650. The zero-order valence-corrected chi connectivity index (χ0v) is 19.0. The predicted octanol–water partition coefficient (Wildman–Crippen LogP) is 2.68. The summed E-state index contributed by atoms with van der Waals surface area (Å²) < 4.78 is 26.9. The van der Waals surface area contributed by atoms with E-state index in [0.29, 0.717) is 39.3 Å². The maximum absolute atomic E-state index is 13.0. The van der Waals surface area contributed by atoms with Crippen molar-refractivity contribution in [2.75, 3.05) is 39.3 Å². The average molecular weight is 441 g/mol. The van der Waals surface area contributed by atoms with Crippen molar-refractivity contribution in [3.05, 3.63) is 28.8 Å². The minimum absolute atomic E-state index is 0.0666. The van der Waals surface area contributed by atoms with Crippen LogP contribution in [0.4, 0.5) is 0 Å². The lowest BCUT2D eigenvalue weighted by Crippen LogP contribution is -2.52. The first-order valence-electron chi connectivity index (χ1n) is 9.89. The van der Waals surface area contributed by atoms with E-state index in [0.717, 1.165) is 0 Å². The Balaban J connectivity index is 2.21. The molecule has 0 bridgehead atoms. The van der Waals surface area contributed by atoms with Crippen molar-refractivity contribution < 1.29 is 13.2 Å². The number of hydrogen-bond donors (Lipinski definition) is 0. The number of hydrogen-bond acceptors (Lipinski definition) is 5. The topological polar surface area (TPSA) is 84.7 Å². The van der Waals surface area contributed by atoms with Gasteiger partial charge in [0.05, 0.1) is 21.6 Å². The number of carbonyl (C=O) groups is 1. The summed E-state index contributed by atoms with van der Waals surface area (Å²) in [6.07, 6.45) is 0. The van der Waals surface area contributed by atoms with Gasteiger partial charge in [0.1, 0.15) is 6.04 Å². The molecular weight excluding hydrogens is 412 g/mol. The first-order chi connectivity index (χ1) is 13.7. The highest BCUT2D eigenvalue weighted by atomic mass is 35.5. The Kier molecular flexibility index (Phi) is 8.06. The van der Waals surface area contributed by atoms with Gasteiger partial charge in [-0.1, -0.05) is 39.3 Å². The van der Waals surface area contributed by atoms with E-state index in [1.54, 1.807) is 18.7 Å². The third-order valence-corrected chi connectivity index (χ3v) is 7.65. The number of nitriles is 1. The Morgan fingerprint density at radius 2 is 1.79 bits per heavy atom. The van der Waals surface area contributed by atoms with Crippen LogP contribution >= 0.6 is 11.6 Å². The maximum Gasteiger partial charge on any atom is 0.255 e. The first-order valence-corrected chi connectivity index (χ1v) is 11.7. The molecule has 29 heavy (non-hydrogen) atoms. The molecule has 0 aromatic heterocycles. The van der Waals surface area contributed by atoms with Crippen molar-refractivity contribution in [1.29, 1.82) is 5.26 Å². The zero-order valence-electron chi connectivity index (χ0n) is 17.4. The van der Waals surface area contributed by atoms with E-state index in [2.05, 4.69) is 11.0 Å². The molecule has 1 amide bonds. The second kappa shape index (κ2) is 9.90. The van der Waals surface area contributed by atoms with E-state index in [9.17, 15) is 18.5 Å². The fraction of sp³-hybridized carbons (Fsp3) is 0.600. The standard InChI is InChI=1S/C20H29ClN4O3S/c1-5-25(6-2)29(27,28)16-7-8-18(21)17(13-16)20(26)24-11-9-23(10-12-24)19(14-22)15(3)4/h7-8,13,15,19H,5-6,9-12H2,1-4H3. The highest BCUT2D eigenvalue weighted by molar-refractivity contribution is 7.89. The average Bonchev–Trinajstić information content (AvgIpc) is 2.69. The van der Waals surface area contributed by atoms with Crippen LogP contribution in [0, 0.1) is 17.2 Å². The summed E-state index contributed by atoms with van der Waals surface area (Å²) in [5.74, 6) is -0.0806. The van der Waals surface area contributed by atoms with E-state index < -0.39 is 10.0 Å². The van der Waals surface area contributed by atoms with Crippen molar-refractivity contribution in [1.82, 2.24) is 14.1 Å². The Bertz CT molecular complexity index is 870. The summed E-state index contributed by atoms with van der Waals surface area (Å²) in [5, 5.41) is 9.61. The van der Waals surface area contributed by atoms with Gasteiger partial charge in [0.2, 0.25) is 10.0 Å². The second-order valence-corrected chi connectivity index (χ2v) is 9.72. The normalized spacial score (nSPS) is 16.8. The minimum atomic E-state index is -3.68. The number of nitrogens with zero attached hydrogens (tertiary/aromatic N) is 4. The predicted molar refractivity (Wildman–Crippen MR) is 113 cm³/mol. The molecule has 1 saturated heterocycles. The molecule has 0 aliphatic carbocycles. The van der Waals surface area contributed by atoms with Gasteiger partial charge in [-0.15, -0.1) is 0 Å². The highest BCUT2D eigenvalue weighted by Crippen LogP contribution is 2.25. The maximum atomic E-state index is 13.0. The Labute approximate surface area is 178 Å². The minimum Gasteiger partial charge on any atom is -0.336 e. The second-order valence-electron chi connectivity index (χ2n) is 7.38. The van der Waals surface area contributed by atoms with Crippen LogP contribution in [0.3, 0.4) is 0 Å². The molecule has 9 heteroatoms. The number of carbonyl (C=O) groups excluding carboxylic acids is 1. The third kappa shape index (κ3) is 5.10. The molecule has 1 aromatic carbocycles. The van der Waals surface area contributed by atoms with Gasteiger partial charge in [-0.05, 0) is 24.1 Å². The van der Waals surface area contributed by atoms with Crippen LogP contribution in [0.15, 0.2) is 23.1 Å². The fourth-order valence-electron chi connectivity index (χ4n) is 3.57.